The third kappa shape index (κ3) is 4.18. The molecule has 2 rings (SSSR count). The van der Waals surface area contributed by atoms with Crippen LogP contribution in [0.3, 0.4) is 0 Å². The number of hydrogen-bond acceptors (Lipinski definition) is 3. The van der Waals surface area contributed by atoms with Gasteiger partial charge in [0.15, 0.2) is 0 Å². The number of alkyl halides is 3. The third-order valence-corrected chi connectivity index (χ3v) is 4.40. The molecular weight excluding hydrogens is 349 g/mol. The van der Waals surface area contributed by atoms with Gasteiger partial charge in [-0.05, 0) is 30.2 Å². The molecule has 1 fully saturated rings. The van der Waals surface area contributed by atoms with Gasteiger partial charge in [-0.2, -0.15) is 13.2 Å². The topological polar surface area (TPSA) is 35.5 Å². The summed E-state index contributed by atoms with van der Waals surface area (Å²) in [5.41, 5.74) is -0.0699. The number of aliphatic hydroxyl groups excluding tert-OH is 1. The lowest BCUT2D eigenvalue weighted by Gasteiger charge is -2.35. The van der Waals surface area contributed by atoms with E-state index in [1.54, 1.807) is 0 Å². The van der Waals surface area contributed by atoms with Crippen molar-refractivity contribution in [2.75, 3.05) is 32.8 Å². The number of halogens is 4. The molecule has 1 heterocycles. The molecule has 7 heteroatoms. The van der Waals surface area contributed by atoms with E-state index in [0.29, 0.717) is 16.5 Å². The van der Waals surface area contributed by atoms with Gasteiger partial charge in [0.25, 0.3) is 0 Å². The molecule has 1 saturated heterocycles. The van der Waals surface area contributed by atoms with Gasteiger partial charge in [0, 0.05) is 43.3 Å². The van der Waals surface area contributed by atoms with Crippen molar-refractivity contribution in [2.45, 2.75) is 18.6 Å². The Labute approximate surface area is 130 Å². The largest absolute Gasteiger partial charge is 0.416 e. The van der Waals surface area contributed by atoms with Crippen LogP contribution in [-0.4, -0.2) is 42.8 Å². The number of rotatable bonds is 4. The summed E-state index contributed by atoms with van der Waals surface area (Å²) in [6.07, 6.45) is -3.94. The minimum absolute atomic E-state index is 0.0583. The van der Waals surface area contributed by atoms with E-state index in [2.05, 4.69) is 26.1 Å². The first-order valence-electron chi connectivity index (χ1n) is 6.85. The smallest absolute Gasteiger partial charge is 0.396 e. The maximum absolute atomic E-state index is 12.9. The lowest BCUT2D eigenvalue weighted by atomic mass is 9.99. The van der Waals surface area contributed by atoms with Crippen LogP contribution in [0.25, 0.3) is 0 Å². The van der Waals surface area contributed by atoms with Gasteiger partial charge in [0.05, 0.1) is 5.56 Å². The van der Waals surface area contributed by atoms with Crippen molar-refractivity contribution in [3.05, 3.63) is 33.8 Å². The summed E-state index contributed by atoms with van der Waals surface area (Å²) in [6.45, 7) is 3.06. The Kier molecular flexibility index (Phi) is 5.65. The summed E-state index contributed by atoms with van der Waals surface area (Å²) in [5, 5.41) is 12.5. The molecule has 0 aliphatic carbocycles. The average molecular weight is 367 g/mol. The minimum Gasteiger partial charge on any atom is -0.396 e. The van der Waals surface area contributed by atoms with Crippen LogP contribution >= 0.6 is 15.9 Å². The number of nitrogens with one attached hydrogen (secondary N) is 1. The first kappa shape index (κ1) is 16.7. The lowest BCUT2D eigenvalue weighted by molar-refractivity contribution is -0.137. The van der Waals surface area contributed by atoms with E-state index in [1.165, 1.54) is 12.1 Å². The highest BCUT2D eigenvalue weighted by Gasteiger charge is 2.32. The van der Waals surface area contributed by atoms with Crippen molar-refractivity contribution >= 4 is 15.9 Å². The Hall–Kier alpha value is -0.630. The van der Waals surface area contributed by atoms with Crippen LogP contribution in [0.4, 0.5) is 13.2 Å². The molecule has 0 unspecified atom stereocenters. The van der Waals surface area contributed by atoms with E-state index in [0.717, 1.165) is 32.2 Å². The maximum atomic E-state index is 12.9. The van der Waals surface area contributed by atoms with Crippen LogP contribution in [0.1, 0.15) is 23.6 Å². The van der Waals surface area contributed by atoms with Gasteiger partial charge in [-0.3, -0.25) is 4.90 Å². The second kappa shape index (κ2) is 7.09. The van der Waals surface area contributed by atoms with Gasteiger partial charge in [-0.1, -0.05) is 15.9 Å². The summed E-state index contributed by atoms with van der Waals surface area (Å²) in [7, 11) is 0. The zero-order chi connectivity index (χ0) is 15.5. The van der Waals surface area contributed by atoms with E-state index in [1.807, 2.05) is 0 Å². The third-order valence-electron chi connectivity index (χ3n) is 3.68. The predicted molar refractivity (Wildman–Crippen MR) is 78.0 cm³/mol. The first-order valence-corrected chi connectivity index (χ1v) is 7.65. The minimum atomic E-state index is -4.36. The molecule has 1 aromatic rings. The Morgan fingerprint density at radius 2 is 1.95 bits per heavy atom. The van der Waals surface area contributed by atoms with Crippen LogP contribution in [0, 0.1) is 0 Å². The van der Waals surface area contributed by atoms with E-state index >= 15 is 0 Å². The highest BCUT2D eigenvalue weighted by Crippen LogP contribution is 2.36. The normalized spacial score (nSPS) is 18.7. The Morgan fingerprint density at radius 1 is 1.29 bits per heavy atom. The van der Waals surface area contributed by atoms with Gasteiger partial charge in [-0.25, -0.2) is 0 Å². The van der Waals surface area contributed by atoms with Gasteiger partial charge < -0.3 is 10.4 Å². The van der Waals surface area contributed by atoms with Crippen molar-refractivity contribution in [2.24, 2.45) is 0 Å². The molecule has 1 aromatic carbocycles. The van der Waals surface area contributed by atoms with Crippen LogP contribution in [0.15, 0.2) is 22.7 Å². The number of nitrogens with zero attached hydrogens (tertiary/aromatic N) is 1. The van der Waals surface area contributed by atoms with E-state index < -0.39 is 11.7 Å². The summed E-state index contributed by atoms with van der Waals surface area (Å²) in [4.78, 5) is 2.12. The molecule has 1 aliphatic heterocycles. The van der Waals surface area contributed by atoms with Crippen molar-refractivity contribution < 1.29 is 18.3 Å². The van der Waals surface area contributed by atoms with Gasteiger partial charge >= 0.3 is 6.18 Å². The monoisotopic (exact) mass is 366 g/mol. The Morgan fingerprint density at radius 3 is 2.52 bits per heavy atom. The molecule has 0 radical (unpaired) electrons. The quantitative estimate of drug-likeness (QED) is 0.859. The highest BCUT2D eigenvalue weighted by molar-refractivity contribution is 9.10. The molecule has 0 amide bonds. The molecule has 1 atom stereocenters. The number of piperazine rings is 1. The zero-order valence-electron chi connectivity index (χ0n) is 11.5. The molecular formula is C14H18BrF3N2O. The summed E-state index contributed by atoms with van der Waals surface area (Å²) in [6, 6.07) is 3.48. The van der Waals surface area contributed by atoms with Gasteiger partial charge in [-0.15, -0.1) is 0 Å². The van der Waals surface area contributed by atoms with Crippen LogP contribution in [-0.2, 0) is 6.18 Å². The van der Waals surface area contributed by atoms with Crippen molar-refractivity contribution in [1.29, 1.82) is 0 Å². The molecule has 0 saturated carbocycles. The second-order valence-electron chi connectivity index (χ2n) is 5.05. The van der Waals surface area contributed by atoms with Crippen molar-refractivity contribution in [3.8, 4) is 0 Å². The lowest BCUT2D eigenvalue weighted by Crippen LogP contribution is -2.45. The summed E-state index contributed by atoms with van der Waals surface area (Å²) >= 11 is 3.34. The number of benzene rings is 1. The van der Waals surface area contributed by atoms with Crippen molar-refractivity contribution in [1.82, 2.24) is 10.2 Å². The molecule has 0 aromatic heterocycles. The summed E-state index contributed by atoms with van der Waals surface area (Å²) in [5.74, 6) is 0. The van der Waals surface area contributed by atoms with E-state index in [-0.39, 0.29) is 12.6 Å². The molecule has 2 N–H and O–H groups in total. The van der Waals surface area contributed by atoms with Gasteiger partial charge in [0.2, 0.25) is 0 Å². The van der Waals surface area contributed by atoms with Crippen molar-refractivity contribution in [3.63, 3.8) is 0 Å². The standard InChI is InChI=1S/C14H18BrF3N2O/c15-12-2-1-10(14(16,17)18)9-11(12)13(3-8-21)20-6-4-19-5-7-20/h1-2,9,13,19,21H,3-8H2/t13-/m1/s1. The van der Waals surface area contributed by atoms with E-state index in [9.17, 15) is 18.3 Å². The highest BCUT2D eigenvalue weighted by atomic mass is 79.9. The van der Waals surface area contributed by atoms with Crippen LogP contribution in [0.2, 0.25) is 0 Å². The fourth-order valence-electron chi connectivity index (χ4n) is 2.63. The predicted octanol–water partition coefficient (Wildman–Crippen LogP) is 2.80. The Balaban J connectivity index is 2.34. The summed E-state index contributed by atoms with van der Waals surface area (Å²) < 4.78 is 39.4. The fourth-order valence-corrected chi connectivity index (χ4v) is 3.14. The first-order chi connectivity index (χ1) is 9.93. The van der Waals surface area contributed by atoms with E-state index in [4.69, 9.17) is 0 Å². The SMILES string of the molecule is OCC[C@H](c1cc(C(F)(F)F)ccc1Br)N1CCNCC1. The number of hydrogen-bond donors (Lipinski definition) is 2. The zero-order valence-corrected chi connectivity index (χ0v) is 13.0. The Bertz CT molecular complexity index is 476. The maximum Gasteiger partial charge on any atom is 0.416 e. The van der Waals surface area contributed by atoms with Crippen LogP contribution in [0.5, 0.6) is 0 Å². The molecule has 3 nitrogen and oxygen atoms in total. The average Bonchev–Trinajstić information content (AvgIpc) is 2.45. The second-order valence-corrected chi connectivity index (χ2v) is 5.90. The molecule has 0 bridgehead atoms. The molecule has 0 spiro atoms. The fraction of sp³-hybridized carbons (Fsp3) is 0.571. The molecule has 118 valence electrons. The van der Waals surface area contributed by atoms with Gasteiger partial charge in [0.1, 0.15) is 0 Å². The number of aliphatic hydroxyl groups is 1. The molecule has 1 aliphatic rings. The molecule has 21 heavy (non-hydrogen) atoms. The van der Waals surface area contributed by atoms with Crippen LogP contribution < -0.4 is 5.32 Å².